The van der Waals surface area contributed by atoms with Gasteiger partial charge in [-0.2, -0.15) is 5.10 Å². The number of thiophene rings is 1. The van der Waals surface area contributed by atoms with Crippen molar-refractivity contribution in [2.75, 3.05) is 18.4 Å². The van der Waals surface area contributed by atoms with Crippen LogP contribution in [0.15, 0.2) is 59.3 Å². The maximum Gasteiger partial charge on any atom is 0.276 e. The summed E-state index contributed by atoms with van der Waals surface area (Å²) in [5.41, 5.74) is 3.03. The largest absolute Gasteiger partial charge is 0.373 e. The van der Waals surface area contributed by atoms with E-state index >= 15 is 0 Å². The molecule has 5 rings (SSSR count). The Labute approximate surface area is 200 Å². The lowest BCUT2D eigenvalue weighted by Crippen LogP contribution is -2.44. The van der Waals surface area contributed by atoms with Crippen molar-refractivity contribution in [2.24, 2.45) is 0 Å². The zero-order valence-electron chi connectivity index (χ0n) is 18.5. The molecule has 9 heteroatoms. The molecule has 0 aliphatic carbocycles. The SMILES string of the molecule is CC1CN(Cc2csc(NC(=O)c3cc(-c4cccs4)nn3-c3ccccc3)n2)CC(C)O1. The molecular formula is C24H25N5O2S2. The number of benzene rings is 1. The Bertz CT molecular complexity index is 1210. The summed E-state index contributed by atoms with van der Waals surface area (Å²) in [6, 6.07) is 15.5. The summed E-state index contributed by atoms with van der Waals surface area (Å²) < 4.78 is 7.50. The number of anilines is 1. The van der Waals surface area contributed by atoms with Crippen LogP contribution in [0.1, 0.15) is 30.0 Å². The minimum absolute atomic E-state index is 0.211. The second kappa shape index (κ2) is 9.56. The number of nitrogens with one attached hydrogen (secondary N) is 1. The van der Waals surface area contributed by atoms with Gasteiger partial charge in [0.25, 0.3) is 5.91 Å². The van der Waals surface area contributed by atoms with Crippen molar-refractivity contribution in [1.29, 1.82) is 0 Å². The molecule has 1 aromatic carbocycles. The zero-order valence-corrected chi connectivity index (χ0v) is 20.1. The van der Waals surface area contributed by atoms with Gasteiger partial charge in [-0.1, -0.05) is 24.3 Å². The fourth-order valence-electron chi connectivity index (χ4n) is 4.09. The van der Waals surface area contributed by atoms with Gasteiger partial charge in [-0.25, -0.2) is 9.67 Å². The maximum atomic E-state index is 13.2. The molecule has 2 atom stereocenters. The summed E-state index contributed by atoms with van der Waals surface area (Å²) >= 11 is 3.04. The van der Waals surface area contributed by atoms with E-state index in [2.05, 4.69) is 29.0 Å². The molecule has 33 heavy (non-hydrogen) atoms. The number of hydrogen-bond acceptors (Lipinski definition) is 7. The molecule has 1 amide bonds. The monoisotopic (exact) mass is 479 g/mol. The predicted molar refractivity (Wildman–Crippen MR) is 132 cm³/mol. The number of morpholine rings is 1. The minimum Gasteiger partial charge on any atom is -0.373 e. The van der Waals surface area contributed by atoms with Crippen molar-refractivity contribution in [3.8, 4) is 16.3 Å². The summed E-state index contributed by atoms with van der Waals surface area (Å²) in [7, 11) is 0. The third-order valence-electron chi connectivity index (χ3n) is 5.37. The molecule has 7 nitrogen and oxygen atoms in total. The molecule has 1 N–H and O–H groups in total. The third kappa shape index (κ3) is 5.06. The van der Waals surface area contributed by atoms with Crippen LogP contribution in [0.4, 0.5) is 5.13 Å². The molecule has 1 aliphatic rings. The smallest absolute Gasteiger partial charge is 0.276 e. The number of amides is 1. The van der Waals surface area contributed by atoms with Gasteiger partial charge in [0, 0.05) is 25.0 Å². The van der Waals surface area contributed by atoms with Gasteiger partial charge < -0.3 is 4.74 Å². The van der Waals surface area contributed by atoms with Gasteiger partial charge in [-0.05, 0) is 43.5 Å². The molecule has 2 unspecified atom stereocenters. The van der Waals surface area contributed by atoms with Crippen LogP contribution in [-0.4, -0.2) is 50.9 Å². The van der Waals surface area contributed by atoms with Crippen molar-refractivity contribution in [3.05, 3.63) is 70.7 Å². The molecule has 0 bridgehead atoms. The fraction of sp³-hybridized carbons (Fsp3) is 0.292. The average Bonchev–Trinajstić information content (AvgIpc) is 3.54. The van der Waals surface area contributed by atoms with Crippen LogP contribution in [-0.2, 0) is 11.3 Å². The number of para-hydroxylation sites is 1. The summed E-state index contributed by atoms with van der Waals surface area (Å²) in [5, 5.41) is 12.3. The van der Waals surface area contributed by atoms with E-state index in [9.17, 15) is 4.79 Å². The Morgan fingerprint density at radius 3 is 2.64 bits per heavy atom. The number of rotatable bonds is 6. The van der Waals surface area contributed by atoms with E-state index in [0.29, 0.717) is 10.8 Å². The van der Waals surface area contributed by atoms with Crippen molar-refractivity contribution < 1.29 is 9.53 Å². The Balaban J connectivity index is 1.35. The molecule has 3 aromatic heterocycles. The Morgan fingerprint density at radius 2 is 1.91 bits per heavy atom. The molecule has 1 fully saturated rings. The van der Waals surface area contributed by atoms with Crippen molar-refractivity contribution in [2.45, 2.75) is 32.6 Å². The van der Waals surface area contributed by atoms with E-state index in [1.807, 2.05) is 59.3 Å². The molecule has 4 heterocycles. The maximum absolute atomic E-state index is 13.2. The van der Waals surface area contributed by atoms with Gasteiger partial charge in [-0.15, -0.1) is 22.7 Å². The van der Waals surface area contributed by atoms with Crippen molar-refractivity contribution >= 4 is 33.7 Å². The number of hydrogen-bond donors (Lipinski definition) is 1. The van der Waals surface area contributed by atoms with Gasteiger partial charge in [0.15, 0.2) is 5.13 Å². The number of carbonyl (C=O) groups is 1. The van der Waals surface area contributed by atoms with Gasteiger partial charge >= 0.3 is 0 Å². The van der Waals surface area contributed by atoms with E-state index in [1.54, 1.807) is 16.0 Å². The first-order valence-corrected chi connectivity index (χ1v) is 12.6. The summed E-state index contributed by atoms with van der Waals surface area (Å²) in [5.74, 6) is -0.233. The lowest BCUT2D eigenvalue weighted by Gasteiger charge is -2.34. The Morgan fingerprint density at radius 1 is 1.12 bits per heavy atom. The highest BCUT2D eigenvalue weighted by molar-refractivity contribution is 7.14. The quantitative estimate of drug-likeness (QED) is 0.425. The van der Waals surface area contributed by atoms with E-state index in [4.69, 9.17) is 9.84 Å². The standard InChI is InChI=1S/C24H25N5O2S2/c1-16-12-28(13-17(2)31-16)14-18-15-33-24(25-18)26-23(30)21-11-20(22-9-6-10-32-22)27-29(21)19-7-4-3-5-8-19/h3-11,15-17H,12-14H2,1-2H3,(H,25,26,30). The van der Waals surface area contributed by atoms with Crippen molar-refractivity contribution in [3.63, 3.8) is 0 Å². The molecule has 1 aliphatic heterocycles. The number of carbonyl (C=O) groups excluding carboxylic acids is 1. The number of nitrogens with zero attached hydrogens (tertiary/aromatic N) is 4. The van der Waals surface area contributed by atoms with E-state index in [0.717, 1.165) is 41.6 Å². The lowest BCUT2D eigenvalue weighted by molar-refractivity contribution is -0.0707. The lowest BCUT2D eigenvalue weighted by atomic mass is 10.2. The van der Waals surface area contributed by atoms with Crippen LogP contribution >= 0.6 is 22.7 Å². The van der Waals surface area contributed by atoms with Crippen LogP contribution in [0.25, 0.3) is 16.3 Å². The van der Waals surface area contributed by atoms with Gasteiger partial charge in [0.1, 0.15) is 11.4 Å². The number of aromatic nitrogens is 3. The summed E-state index contributed by atoms with van der Waals surface area (Å²) in [4.78, 5) is 21.3. The second-order valence-electron chi connectivity index (χ2n) is 8.19. The van der Waals surface area contributed by atoms with E-state index in [-0.39, 0.29) is 18.1 Å². The Kier molecular flexibility index (Phi) is 6.37. The topological polar surface area (TPSA) is 72.3 Å². The van der Waals surface area contributed by atoms with Crippen LogP contribution in [0.2, 0.25) is 0 Å². The summed E-state index contributed by atoms with van der Waals surface area (Å²) in [6.45, 7) is 6.69. The first kappa shape index (κ1) is 22.0. The van der Waals surface area contributed by atoms with E-state index < -0.39 is 0 Å². The highest BCUT2D eigenvalue weighted by Gasteiger charge is 2.23. The minimum atomic E-state index is -0.233. The van der Waals surface area contributed by atoms with Crippen LogP contribution in [0.3, 0.4) is 0 Å². The fourth-order valence-corrected chi connectivity index (χ4v) is 5.47. The van der Waals surface area contributed by atoms with Crippen LogP contribution in [0, 0.1) is 0 Å². The van der Waals surface area contributed by atoms with E-state index in [1.165, 1.54) is 11.3 Å². The predicted octanol–water partition coefficient (Wildman–Crippen LogP) is 4.92. The molecule has 0 saturated carbocycles. The molecule has 1 saturated heterocycles. The molecule has 0 radical (unpaired) electrons. The molecule has 170 valence electrons. The van der Waals surface area contributed by atoms with Gasteiger partial charge in [-0.3, -0.25) is 15.0 Å². The van der Waals surface area contributed by atoms with Crippen LogP contribution < -0.4 is 5.32 Å². The van der Waals surface area contributed by atoms with Crippen molar-refractivity contribution in [1.82, 2.24) is 19.7 Å². The molecule has 4 aromatic rings. The van der Waals surface area contributed by atoms with Gasteiger partial charge in [0.05, 0.1) is 28.5 Å². The zero-order chi connectivity index (χ0) is 22.8. The normalized spacial score (nSPS) is 19.0. The Hall–Kier alpha value is -2.85. The van der Waals surface area contributed by atoms with Gasteiger partial charge in [0.2, 0.25) is 0 Å². The average molecular weight is 480 g/mol. The molecular weight excluding hydrogens is 454 g/mol. The number of thiazole rings is 1. The van der Waals surface area contributed by atoms with Crippen LogP contribution in [0.5, 0.6) is 0 Å². The summed E-state index contributed by atoms with van der Waals surface area (Å²) in [6.07, 6.45) is 0.421. The highest BCUT2D eigenvalue weighted by Crippen LogP contribution is 2.27. The highest BCUT2D eigenvalue weighted by atomic mass is 32.1. The second-order valence-corrected chi connectivity index (χ2v) is 9.99. The first-order valence-electron chi connectivity index (χ1n) is 10.9. The molecule has 0 spiro atoms. The number of ether oxygens (including phenoxy) is 1. The third-order valence-corrected chi connectivity index (χ3v) is 7.07. The first-order chi connectivity index (χ1) is 16.0.